The van der Waals surface area contributed by atoms with Crippen LogP contribution >= 0.6 is 15.9 Å². The highest BCUT2D eigenvalue weighted by molar-refractivity contribution is 9.09. The van der Waals surface area contributed by atoms with Gasteiger partial charge in [0.05, 0.1) is 6.61 Å². The van der Waals surface area contributed by atoms with Gasteiger partial charge in [-0.15, -0.1) is 6.58 Å². The van der Waals surface area contributed by atoms with Gasteiger partial charge in [0.25, 0.3) is 0 Å². The van der Waals surface area contributed by atoms with Crippen molar-refractivity contribution in [3.8, 4) is 5.75 Å². The molecule has 0 saturated carbocycles. The van der Waals surface area contributed by atoms with E-state index in [2.05, 4.69) is 61.5 Å². The third-order valence-corrected chi connectivity index (χ3v) is 3.39. The van der Waals surface area contributed by atoms with E-state index in [-0.39, 0.29) is 5.41 Å². The normalized spacial score (nSPS) is 11.3. The third-order valence-electron chi connectivity index (χ3n) is 2.83. The standard InChI is InChI=1S/C16H23BrO/c1-5-7-13-12-14(16(2,3)4)8-9-15(13)18-11-6-10-17/h5,8-9,12H,1,6-7,10-11H2,2-4H3. The Hall–Kier alpha value is -0.760. The fourth-order valence-electron chi connectivity index (χ4n) is 1.74. The van der Waals surface area contributed by atoms with Crippen molar-refractivity contribution in [1.29, 1.82) is 0 Å². The van der Waals surface area contributed by atoms with Crippen LogP contribution in [-0.4, -0.2) is 11.9 Å². The molecular formula is C16H23BrO. The summed E-state index contributed by atoms with van der Waals surface area (Å²) in [5.74, 6) is 0.990. The zero-order valence-electron chi connectivity index (χ0n) is 11.6. The van der Waals surface area contributed by atoms with E-state index in [1.165, 1.54) is 11.1 Å². The van der Waals surface area contributed by atoms with Gasteiger partial charge in [0.15, 0.2) is 0 Å². The Morgan fingerprint density at radius 3 is 2.61 bits per heavy atom. The van der Waals surface area contributed by atoms with E-state index in [1.807, 2.05) is 6.08 Å². The maximum Gasteiger partial charge on any atom is 0.122 e. The third kappa shape index (κ3) is 4.49. The van der Waals surface area contributed by atoms with Crippen LogP contribution in [0, 0.1) is 0 Å². The molecule has 0 aromatic heterocycles. The number of hydrogen-bond acceptors (Lipinski definition) is 1. The van der Waals surface area contributed by atoms with Crippen molar-refractivity contribution in [2.75, 3.05) is 11.9 Å². The molecule has 0 heterocycles. The van der Waals surface area contributed by atoms with Crippen LogP contribution in [0.3, 0.4) is 0 Å². The van der Waals surface area contributed by atoms with Crippen molar-refractivity contribution >= 4 is 15.9 Å². The smallest absolute Gasteiger partial charge is 0.122 e. The maximum absolute atomic E-state index is 5.82. The molecule has 2 heteroatoms. The summed E-state index contributed by atoms with van der Waals surface area (Å²) in [6.07, 6.45) is 3.81. The van der Waals surface area contributed by atoms with Crippen molar-refractivity contribution in [1.82, 2.24) is 0 Å². The molecule has 18 heavy (non-hydrogen) atoms. The summed E-state index contributed by atoms with van der Waals surface area (Å²) in [7, 11) is 0. The van der Waals surface area contributed by atoms with Gasteiger partial charge in [0, 0.05) is 5.33 Å². The first-order valence-corrected chi connectivity index (χ1v) is 7.54. The Bertz CT molecular complexity index is 391. The first kappa shape index (κ1) is 15.3. The second-order valence-corrected chi connectivity index (χ2v) is 6.25. The molecule has 0 aliphatic heterocycles. The average molecular weight is 311 g/mol. The summed E-state index contributed by atoms with van der Waals surface area (Å²) in [5.41, 5.74) is 2.74. The Labute approximate surface area is 119 Å². The van der Waals surface area contributed by atoms with Gasteiger partial charge < -0.3 is 4.74 Å². The number of benzene rings is 1. The number of ether oxygens (including phenoxy) is 1. The quantitative estimate of drug-likeness (QED) is 0.413. The topological polar surface area (TPSA) is 9.23 Å². The summed E-state index contributed by atoms with van der Waals surface area (Å²) in [6.45, 7) is 11.3. The van der Waals surface area contributed by atoms with Gasteiger partial charge in [-0.2, -0.15) is 0 Å². The highest BCUT2D eigenvalue weighted by atomic mass is 79.9. The Kier molecular flexibility index (Phi) is 5.94. The molecule has 0 spiro atoms. The largest absolute Gasteiger partial charge is 0.493 e. The lowest BCUT2D eigenvalue weighted by Crippen LogP contribution is -2.12. The van der Waals surface area contributed by atoms with Crippen LogP contribution in [0.25, 0.3) is 0 Å². The first-order chi connectivity index (χ1) is 8.49. The van der Waals surface area contributed by atoms with Crippen molar-refractivity contribution in [3.05, 3.63) is 42.0 Å². The minimum absolute atomic E-state index is 0.171. The Morgan fingerprint density at radius 1 is 1.33 bits per heavy atom. The van der Waals surface area contributed by atoms with Gasteiger partial charge in [-0.3, -0.25) is 0 Å². The first-order valence-electron chi connectivity index (χ1n) is 6.42. The van der Waals surface area contributed by atoms with Crippen molar-refractivity contribution in [2.24, 2.45) is 0 Å². The van der Waals surface area contributed by atoms with E-state index in [0.717, 1.165) is 30.5 Å². The molecule has 1 aromatic carbocycles. The van der Waals surface area contributed by atoms with Crippen LogP contribution in [0.1, 0.15) is 38.3 Å². The van der Waals surface area contributed by atoms with Crippen LogP contribution in [-0.2, 0) is 11.8 Å². The van der Waals surface area contributed by atoms with Gasteiger partial charge in [-0.25, -0.2) is 0 Å². The molecule has 0 aliphatic rings. The predicted molar refractivity (Wildman–Crippen MR) is 82.9 cm³/mol. The van der Waals surface area contributed by atoms with Gasteiger partial charge in [-0.1, -0.05) is 54.9 Å². The fraction of sp³-hybridized carbons (Fsp3) is 0.500. The minimum Gasteiger partial charge on any atom is -0.493 e. The van der Waals surface area contributed by atoms with Gasteiger partial charge >= 0.3 is 0 Å². The van der Waals surface area contributed by atoms with E-state index in [0.29, 0.717) is 0 Å². The van der Waals surface area contributed by atoms with Crippen LogP contribution in [0.2, 0.25) is 0 Å². The van der Waals surface area contributed by atoms with Crippen molar-refractivity contribution < 1.29 is 4.74 Å². The lowest BCUT2D eigenvalue weighted by atomic mass is 9.85. The molecule has 0 bridgehead atoms. The maximum atomic E-state index is 5.82. The van der Waals surface area contributed by atoms with E-state index in [9.17, 15) is 0 Å². The van der Waals surface area contributed by atoms with Crippen LogP contribution in [0.15, 0.2) is 30.9 Å². The summed E-state index contributed by atoms with van der Waals surface area (Å²) in [5, 5.41) is 0.976. The molecule has 1 nitrogen and oxygen atoms in total. The molecular weight excluding hydrogens is 288 g/mol. The second-order valence-electron chi connectivity index (χ2n) is 5.46. The van der Waals surface area contributed by atoms with E-state index >= 15 is 0 Å². The molecule has 0 amide bonds. The molecule has 1 aromatic rings. The lowest BCUT2D eigenvalue weighted by molar-refractivity contribution is 0.316. The molecule has 1 rings (SSSR count). The molecule has 0 aliphatic carbocycles. The second kappa shape index (κ2) is 6.98. The number of allylic oxidation sites excluding steroid dienone is 1. The summed E-state index contributed by atoms with van der Waals surface area (Å²) < 4.78 is 5.82. The van der Waals surface area contributed by atoms with E-state index in [1.54, 1.807) is 0 Å². The SMILES string of the molecule is C=CCc1cc(C(C)(C)C)ccc1OCCCBr. The molecule has 0 saturated heterocycles. The van der Waals surface area contributed by atoms with E-state index in [4.69, 9.17) is 4.74 Å². The zero-order chi connectivity index (χ0) is 13.6. The zero-order valence-corrected chi connectivity index (χ0v) is 13.2. The highest BCUT2D eigenvalue weighted by Crippen LogP contribution is 2.28. The van der Waals surface area contributed by atoms with Gasteiger partial charge in [0.1, 0.15) is 5.75 Å². The number of rotatable bonds is 6. The fourth-order valence-corrected chi connectivity index (χ4v) is 1.97. The van der Waals surface area contributed by atoms with Crippen molar-refractivity contribution in [2.45, 2.75) is 39.0 Å². The van der Waals surface area contributed by atoms with Crippen LogP contribution in [0.4, 0.5) is 0 Å². The van der Waals surface area contributed by atoms with Crippen LogP contribution in [0.5, 0.6) is 5.75 Å². The number of halogens is 1. The Balaban J connectivity index is 2.93. The molecule has 0 N–H and O–H groups in total. The summed E-state index contributed by atoms with van der Waals surface area (Å²) >= 11 is 3.41. The molecule has 100 valence electrons. The number of hydrogen-bond donors (Lipinski definition) is 0. The minimum atomic E-state index is 0.171. The molecule has 0 fully saturated rings. The molecule has 0 atom stereocenters. The van der Waals surface area contributed by atoms with Gasteiger partial charge in [-0.05, 0) is 35.4 Å². The number of alkyl halides is 1. The lowest BCUT2D eigenvalue weighted by Gasteiger charge is -2.21. The van der Waals surface area contributed by atoms with Crippen LogP contribution < -0.4 is 4.74 Å². The highest BCUT2D eigenvalue weighted by Gasteiger charge is 2.15. The average Bonchev–Trinajstić information content (AvgIpc) is 2.30. The van der Waals surface area contributed by atoms with E-state index < -0.39 is 0 Å². The van der Waals surface area contributed by atoms with Crippen molar-refractivity contribution in [3.63, 3.8) is 0 Å². The molecule has 0 radical (unpaired) electrons. The summed E-state index contributed by atoms with van der Waals surface area (Å²) in [6, 6.07) is 6.49. The monoisotopic (exact) mass is 310 g/mol. The Morgan fingerprint density at radius 2 is 2.06 bits per heavy atom. The predicted octanol–water partition coefficient (Wildman–Crippen LogP) is 4.88. The van der Waals surface area contributed by atoms with Gasteiger partial charge in [0.2, 0.25) is 0 Å². The molecule has 0 unspecified atom stereocenters. The summed E-state index contributed by atoms with van der Waals surface area (Å²) in [4.78, 5) is 0.